The number of halogens is 2. The zero-order valence-corrected chi connectivity index (χ0v) is 7.07. The highest BCUT2D eigenvalue weighted by Gasteiger charge is 2.48. The van der Waals surface area contributed by atoms with E-state index in [1.54, 1.807) is 0 Å². The first-order valence-corrected chi connectivity index (χ1v) is 3.89. The van der Waals surface area contributed by atoms with Gasteiger partial charge < -0.3 is 10.2 Å². The number of carbonyl (C=O) groups is 1. The summed E-state index contributed by atoms with van der Waals surface area (Å²) in [5, 5.41) is 17.6. The molecule has 1 unspecified atom stereocenters. The maximum Gasteiger partial charge on any atom is 0.407 e. The van der Waals surface area contributed by atoms with Gasteiger partial charge in [-0.1, -0.05) is 0 Å². The van der Waals surface area contributed by atoms with Crippen LogP contribution in [0.25, 0.3) is 0 Å². The maximum absolute atomic E-state index is 12.7. The third-order valence-corrected chi connectivity index (χ3v) is 2.11. The Morgan fingerprint density at radius 2 is 2.23 bits per heavy atom. The fraction of sp³-hybridized carbons (Fsp3) is 0.857. The van der Waals surface area contributed by atoms with Crippen molar-refractivity contribution < 1.29 is 23.8 Å². The van der Waals surface area contributed by atoms with Gasteiger partial charge in [0.25, 0.3) is 5.92 Å². The molecule has 1 aliphatic rings. The number of aliphatic hydroxyl groups excluding tert-OH is 1. The van der Waals surface area contributed by atoms with Crippen molar-refractivity contribution in [1.82, 2.24) is 4.90 Å². The maximum atomic E-state index is 12.7. The Bertz CT molecular complexity index is 220. The molecule has 1 rings (SSSR count). The van der Waals surface area contributed by atoms with Gasteiger partial charge in [0.05, 0.1) is 18.7 Å². The van der Waals surface area contributed by atoms with Crippen LogP contribution < -0.4 is 0 Å². The van der Waals surface area contributed by atoms with Gasteiger partial charge >= 0.3 is 6.09 Å². The van der Waals surface area contributed by atoms with Gasteiger partial charge in [-0.15, -0.1) is 0 Å². The first-order chi connectivity index (χ1) is 5.83. The number of likely N-dealkylation sites (tertiary alicyclic amines) is 1. The molecule has 1 fully saturated rings. The normalized spacial score (nSPS) is 28.9. The number of carboxylic acid groups (broad SMARTS) is 1. The van der Waals surface area contributed by atoms with Gasteiger partial charge in [-0.2, -0.15) is 0 Å². The van der Waals surface area contributed by atoms with Crippen LogP contribution in [0.3, 0.4) is 0 Å². The van der Waals surface area contributed by atoms with E-state index in [0.717, 1.165) is 0 Å². The quantitative estimate of drug-likeness (QED) is 0.649. The Kier molecular flexibility index (Phi) is 2.42. The lowest BCUT2D eigenvalue weighted by Gasteiger charge is -2.22. The molecular formula is C7H11F2NO3. The Morgan fingerprint density at radius 3 is 2.54 bits per heavy atom. The van der Waals surface area contributed by atoms with Crippen molar-refractivity contribution in [2.45, 2.75) is 31.4 Å². The van der Waals surface area contributed by atoms with E-state index in [-0.39, 0.29) is 0 Å². The van der Waals surface area contributed by atoms with E-state index in [9.17, 15) is 13.6 Å². The Morgan fingerprint density at radius 1 is 1.69 bits per heavy atom. The molecule has 0 bridgehead atoms. The van der Waals surface area contributed by atoms with Gasteiger partial charge in [0, 0.05) is 6.42 Å². The Labute approximate surface area is 73.8 Å². The highest BCUT2D eigenvalue weighted by molar-refractivity contribution is 5.66. The summed E-state index contributed by atoms with van der Waals surface area (Å²) in [7, 11) is 0. The molecule has 4 nitrogen and oxygen atoms in total. The van der Waals surface area contributed by atoms with Crippen molar-refractivity contribution in [1.29, 1.82) is 0 Å². The first-order valence-electron chi connectivity index (χ1n) is 3.89. The second-order valence-electron chi connectivity index (χ2n) is 3.28. The van der Waals surface area contributed by atoms with Gasteiger partial charge in [0.2, 0.25) is 0 Å². The highest BCUT2D eigenvalue weighted by Crippen LogP contribution is 2.33. The van der Waals surface area contributed by atoms with Crippen LogP contribution in [0, 0.1) is 0 Å². The molecule has 1 heterocycles. The average molecular weight is 195 g/mol. The summed E-state index contributed by atoms with van der Waals surface area (Å²) in [6.45, 7) is 0.486. The zero-order chi connectivity index (χ0) is 10.2. The summed E-state index contributed by atoms with van der Waals surface area (Å²) in [4.78, 5) is 11.1. The lowest BCUT2D eigenvalue weighted by molar-refractivity contribution is 0.0115. The van der Waals surface area contributed by atoms with Crippen molar-refractivity contribution in [3.63, 3.8) is 0 Å². The van der Waals surface area contributed by atoms with Crippen LogP contribution in [0.15, 0.2) is 0 Å². The molecular weight excluding hydrogens is 184 g/mol. The third-order valence-electron chi connectivity index (χ3n) is 2.11. The first kappa shape index (κ1) is 10.2. The molecule has 0 aromatic rings. The number of nitrogens with zero attached hydrogens (tertiary/aromatic N) is 1. The van der Waals surface area contributed by atoms with E-state index in [1.807, 2.05) is 0 Å². The fourth-order valence-electron chi connectivity index (χ4n) is 1.49. The monoisotopic (exact) mass is 195 g/mol. The molecule has 1 aliphatic heterocycles. The minimum Gasteiger partial charge on any atom is -0.465 e. The molecule has 0 radical (unpaired) electrons. The average Bonchev–Trinajstić information content (AvgIpc) is 2.26. The van der Waals surface area contributed by atoms with Crippen LogP contribution in [0.5, 0.6) is 0 Å². The predicted molar refractivity (Wildman–Crippen MR) is 39.8 cm³/mol. The van der Waals surface area contributed by atoms with Crippen molar-refractivity contribution in [2.24, 2.45) is 0 Å². The number of rotatable bonds is 1. The van der Waals surface area contributed by atoms with Gasteiger partial charge in [0.1, 0.15) is 0 Å². The fourth-order valence-corrected chi connectivity index (χ4v) is 1.49. The minimum atomic E-state index is -3.01. The summed E-state index contributed by atoms with van der Waals surface area (Å²) >= 11 is 0. The molecule has 0 aliphatic carbocycles. The Balaban J connectivity index is 2.77. The molecule has 1 amide bonds. The lowest BCUT2D eigenvalue weighted by atomic mass is 10.1. The largest absolute Gasteiger partial charge is 0.465 e. The topological polar surface area (TPSA) is 60.8 Å². The van der Waals surface area contributed by atoms with Crippen LogP contribution in [0.2, 0.25) is 0 Å². The molecule has 2 N–H and O–H groups in total. The van der Waals surface area contributed by atoms with Crippen LogP contribution >= 0.6 is 0 Å². The van der Waals surface area contributed by atoms with Crippen LogP contribution in [0.4, 0.5) is 13.6 Å². The standard InChI is InChI=1S/C7H11F2NO3/c1-4(11)5-2-7(8,9)3-10(5)6(12)13/h4-5,11H,2-3H2,1H3,(H,12,13)/t4?,5-/m1/s1. The van der Waals surface area contributed by atoms with E-state index < -0.39 is 37.1 Å². The van der Waals surface area contributed by atoms with Crippen LogP contribution in [0.1, 0.15) is 13.3 Å². The summed E-state index contributed by atoms with van der Waals surface area (Å²) < 4.78 is 25.5. The number of aliphatic hydroxyl groups is 1. The van der Waals surface area contributed by atoms with Gasteiger partial charge in [-0.25, -0.2) is 13.6 Å². The second kappa shape index (κ2) is 3.10. The molecule has 76 valence electrons. The van der Waals surface area contributed by atoms with Gasteiger partial charge in [-0.05, 0) is 6.92 Å². The zero-order valence-electron chi connectivity index (χ0n) is 7.07. The van der Waals surface area contributed by atoms with E-state index in [2.05, 4.69) is 0 Å². The molecule has 0 aromatic carbocycles. The lowest BCUT2D eigenvalue weighted by Crippen LogP contribution is -2.40. The highest BCUT2D eigenvalue weighted by atomic mass is 19.3. The molecule has 6 heteroatoms. The summed E-state index contributed by atoms with van der Waals surface area (Å²) in [5.74, 6) is -3.01. The second-order valence-corrected chi connectivity index (χ2v) is 3.28. The van der Waals surface area contributed by atoms with E-state index in [1.165, 1.54) is 6.92 Å². The SMILES string of the molecule is CC(O)[C@H]1CC(F)(F)CN1C(=O)O. The van der Waals surface area contributed by atoms with Gasteiger partial charge in [-0.3, -0.25) is 4.90 Å². The van der Waals surface area contributed by atoms with Crippen molar-refractivity contribution >= 4 is 6.09 Å². The van der Waals surface area contributed by atoms with E-state index >= 15 is 0 Å². The molecule has 0 saturated carbocycles. The minimum absolute atomic E-state index is 0.588. The smallest absolute Gasteiger partial charge is 0.407 e. The Hall–Kier alpha value is -0.910. The van der Waals surface area contributed by atoms with Crippen LogP contribution in [-0.4, -0.2) is 45.8 Å². The van der Waals surface area contributed by atoms with Crippen LogP contribution in [-0.2, 0) is 0 Å². The molecule has 0 aromatic heterocycles. The molecule has 2 atom stereocenters. The van der Waals surface area contributed by atoms with E-state index in [4.69, 9.17) is 10.2 Å². The predicted octanol–water partition coefficient (Wildman–Crippen LogP) is 0.755. The summed E-state index contributed by atoms with van der Waals surface area (Å²) in [5.41, 5.74) is 0. The number of hydrogen-bond acceptors (Lipinski definition) is 2. The number of alkyl halides is 2. The van der Waals surface area contributed by atoms with Crippen molar-refractivity contribution in [3.05, 3.63) is 0 Å². The number of hydrogen-bond donors (Lipinski definition) is 2. The van der Waals surface area contributed by atoms with Crippen molar-refractivity contribution in [2.75, 3.05) is 6.54 Å². The van der Waals surface area contributed by atoms with Crippen molar-refractivity contribution in [3.8, 4) is 0 Å². The van der Waals surface area contributed by atoms with E-state index in [0.29, 0.717) is 4.90 Å². The molecule has 1 saturated heterocycles. The summed E-state index contributed by atoms with van der Waals surface area (Å²) in [6.07, 6.45) is -3.08. The van der Waals surface area contributed by atoms with Gasteiger partial charge in [0.15, 0.2) is 0 Å². The molecule has 0 spiro atoms. The third kappa shape index (κ3) is 2.06. The summed E-state index contributed by atoms with van der Waals surface area (Å²) in [6, 6.07) is -0.993. The molecule has 13 heavy (non-hydrogen) atoms. The number of amides is 1.